The van der Waals surface area contributed by atoms with Crippen LogP contribution in [0.15, 0.2) is 0 Å². The van der Waals surface area contributed by atoms with E-state index in [0.717, 1.165) is 55.5 Å². The lowest BCUT2D eigenvalue weighted by Gasteiger charge is -2.62. The molecule has 4 aliphatic rings. The van der Waals surface area contributed by atoms with Gasteiger partial charge in [0.05, 0.1) is 6.10 Å². The molecular weight excluding hydrogens is 404 g/mol. The second-order valence-electron chi connectivity index (χ2n) is 13.9. The molecule has 4 fully saturated rings. The number of fused-ring (bicyclic) bond motifs is 5. The number of aliphatic hydroxyl groups excluding tert-OH is 1. The predicted molar refractivity (Wildman–Crippen MR) is 140 cm³/mol. The molecule has 0 aromatic rings. The number of nitrogens with one attached hydrogen (secondary N) is 1. The van der Waals surface area contributed by atoms with Crippen LogP contribution in [0.2, 0.25) is 0 Å². The third kappa shape index (κ3) is 4.94. The maximum Gasteiger partial charge on any atom is 0.0577 e. The van der Waals surface area contributed by atoms with Gasteiger partial charge in [-0.25, -0.2) is 0 Å². The summed E-state index contributed by atoms with van der Waals surface area (Å²) < 4.78 is 0. The van der Waals surface area contributed by atoms with Crippen molar-refractivity contribution in [2.75, 3.05) is 13.1 Å². The van der Waals surface area contributed by atoms with Crippen LogP contribution in [0.4, 0.5) is 0 Å². The van der Waals surface area contributed by atoms with Gasteiger partial charge >= 0.3 is 0 Å². The molecule has 33 heavy (non-hydrogen) atoms. The van der Waals surface area contributed by atoms with Gasteiger partial charge in [0.15, 0.2) is 0 Å². The fraction of sp³-hybridized carbons (Fsp3) is 1.00. The average molecular weight is 461 g/mol. The number of nitrogens with two attached hydrogens (primary N) is 1. The van der Waals surface area contributed by atoms with Gasteiger partial charge in [-0.1, -0.05) is 53.9 Å². The van der Waals surface area contributed by atoms with Crippen LogP contribution < -0.4 is 11.1 Å². The Labute approximate surface area is 205 Å². The van der Waals surface area contributed by atoms with Gasteiger partial charge in [0.2, 0.25) is 0 Å². The Morgan fingerprint density at radius 2 is 1.64 bits per heavy atom. The van der Waals surface area contributed by atoms with Crippen molar-refractivity contribution >= 4 is 0 Å². The first-order chi connectivity index (χ1) is 15.7. The van der Waals surface area contributed by atoms with Gasteiger partial charge in [0.25, 0.3) is 0 Å². The highest BCUT2D eigenvalue weighted by atomic mass is 16.3. The highest BCUT2D eigenvalue weighted by Gasteiger charge is 2.62. The Balaban J connectivity index is 1.44. The van der Waals surface area contributed by atoms with E-state index in [1.165, 1.54) is 64.2 Å². The second-order valence-corrected chi connectivity index (χ2v) is 13.9. The molecule has 0 heterocycles. The zero-order valence-electron chi connectivity index (χ0n) is 22.6. The zero-order chi connectivity index (χ0) is 23.8. The maximum atomic E-state index is 11.6. The summed E-state index contributed by atoms with van der Waals surface area (Å²) in [5.41, 5.74) is 6.61. The molecule has 10 atom stereocenters. The summed E-state index contributed by atoms with van der Waals surface area (Å²) in [5, 5.41) is 15.4. The van der Waals surface area contributed by atoms with Crippen molar-refractivity contribution in [1.29, 1.82) is 0 Å². The van der Waals surface area contributed by atoms with Crippen LogP contribution in [0.1, 0.15) is 112 Å². The first kappa shape index (κ1) is 26.0. The van der Waals surface area contributed by atoms with Gasteiger partial charge in [-0.3, -0.25) is 0 Å². The lowest BCUT2D eigenvalue weighted by molar-refractivity contribution is -0.167. The molecule has 0 aromatic carbocycles. The van der Waals surface area contributed by atoms with Gasteiger partial charge in [0.1, 0.15) is 0 Å². The quantitative estimate of drug-likeness (QED) is 0.350. The summed E-state index contributed by atoms with van der Waals surface area (Å²) in [7, 11) is 0. The summed E-state index contributed by atoms with van der Waals surface area (Å²) >= 11 is 0. The predicted octanol–water partition coefficient (Wildman–Crippen LogP) is 6.39. The minimum absolute atomic E-state index is 0.0736. The Kier molecular flexibility index (Phi) is 8.24. The lowest BCUT2D eigenvalue weighted by atomic mass is 9.43. The normalized spacial score (nSPS) is 46.0. The van der Waals surface area contributed by atoms with Gasteiger partial charge in [0, 0.05) is 6.04 Å². The third-order valence-electron chi connectivity index (χ3n) is 11.7. The Morgan fingerprint density at radius 1 is 0.909 bits per heavy atom. The summed E-state index contributed by atoms with van der Waals surface area (Å²) in [6.45, 7) is 14.4. The SMILES string of the molecule is CC(C)CCC[C@@H](C)[C@H]1CCC2C3C(CC[C@@]21C)[C@@]1(C)CCC(NCCCN)C[C@@H]1C[C@H]3O. The molecule has 0 saturated heterocycles. The molecule has 3 nitrogen and oxygen atoms in total. The van der Waals surface area contributed by atoms with Crippen LogP contribution in [0, 0.1) is 52.3 Å². The monoisotopic (exact) mass is 460 g/mol. The highest BCUT2D eigenvalue weighted by molar-refractivity contribution is 5.12. The van der Waals surface area contributed by atoms with Gasteiger partial charge in [-0.15, -0.1) is 0 Å². The van der Waals surface area contributed by atoms with Crippen LogP contribution in [-0.2, 0) is 0 Å². The van der Waals surface area contributed by atoms with Crippen LogP contribution in [-0.4, -0.2) is 30.3 Å². The third-order valence-corrected chi connectivity index (χ3v) is 11.7. The molecule has 4 aliphatic carbocycles. The molecule has 0 amide bonds. The Hall–Kier alpha value is -0.120. The molecule has 4 unspecified atom stereocenters. The molecule has 0 aliphatic heterocycles. The average Bonchev–Trinajstić information content (AvgIpc) is 3.11. The highest BCUT2D eigenvalue weighted by Crippen LogP contribution is 2.68. The molecule has 4 N–H and O–H groups in total. The molecular formula is C30H56N2O. The van der Waals surface area contributed by atoms with E-state index in [4.69, 9.17) is 5.73 Å². The van der Waals surface area contributed by atoms with Gasteiger partial charge < -0.3 is 16.2 Å². The van der Waals surface area contributed by atoms with Crippen molar-refractivity contribution in [3.05, 3.63) is 0 Å². The van der Waals surface area contributed by atoms with E-state index >= 15 is 0 Å². The van der Waals surface area contributed by atoms with Gasteiger partial charge in [-0.2, -0.15) is 0 Å². The summed E-state index contributed by atoms with van der Waals surface area (Å²) in [6.07, 6.45) is 15.7. The summed E-state index contributed by atoms with van der Waals surface area (Å²) in [4.78, 5) is 0. The zero-order valence-corrected chi connectivity index (χ0v) is 22.6. The van der Waals surface area contributed by atoms with Gasteiger partial charge in [-0.05, 0) is 123 Å². The van der Waals surface area contributed by atoms with E-state index in [2.05, 4.69) is 39.9 Å². The number of hydrogen-bond acceptors (Lipinski definition) is 3. The van der Waals surface area contributed by atoms with E-state index in [0.29, 0.717) is 28.7 Å². The van der Waals surface area contributed by atoms with Crippen molar-refractivity contribution in [1.82, 2.24) is 5.32 Å². The van der Waals surface area contributed by atoms with Crippen LogP contribution in [0.25, 0.3) is 0 Å². The fourth-order valence-corrected chi connectivity index (χ4v) is 9.84. The van der Waals surface area contributed by atoms with Crippen molar-refractivity contribution in [2.24, 2.45) is 58.0 Å². The van der Waals surface area contributed by atoms with Crippen LogP contribution in [0.3, 0.4) is 0 Å². The molecule has 0 bridgehead atoms. The molecule has 0 aromatic heterocycles. The lowest BCUT2D eigenvalue weighted by Crippen LogP contribution is -2.59. The maximum absolute atomic E-state index is 11.6. The number of aliphatic hydroxyl groups is 1. The van der Waals surface area contributed by atoms with E-state index in [1.54, 1.807) is 0 Å². The number of hydrogen-bond donors (Lipinski definition) is 3. The molecule has 192 valence electrons. The molecule has 0 radical (unpaired) electrons. The van der Waals surface area contributed by atoms with Crippen molar-refractivity contribution in [2.45, 2.75) is 124 Å². The first-order valence-corrected chi connectivity index (χ1v) is 14.8. The van der Waals surface area contributed by atoms with E-state index in [9.17, 15) is 5.11 Å². The summed E-state index contributed by atoms with van der Waals surface area (Å²) in [5.74, 6) is 5.28. The van der Waals surface area contributed by atoms with Crippen molar-refractivity contribution < 1.29 is 5.11 Å². The van der Waals surface area contributed by atoms with Crippen LogP contribution in [0.5, 0.6) is 0 Å². The van der Waals surface area contributed by atoms with E-state index < -0.39 is 0 Å². The molecule has 3 heteroatoms. The van der Waals surface area contributed by atoms with E-state index in [1.807, 2.05) is 0 Å². The minimum Gasteiger partial charge on any atom is -0.393 e. The molecule has 4 saturated carbocycles. The Morgan fingerprint density at radius 3 is 2.36 bits per heavy atom. The summed E-state index contributed by atoms with van der Waals surface area (Å²) in [6, 6.07) is 0.634. The second kappa shape index (κ2) is 10.5. The smallest absolute Gasteiger partial charge is 0.0577 e. The molecule has 4 rings (SSSR count). The number of rotatable bonds is 9. The van der Waals surface area contributed by atoms with Crippen molar-refractivity contribution in [3.63, 3.8) is 0 Å². The standard InChI is InChI=1S/C30H56N2O/c1-20(2)8-6-9-21(3)24-10-11-25-28-26(13-15-30(24,25)5)29(4)14-12-23(32-17-7-16-31)18-22(29)19-27(28)33/h20-28,32-33H,6-19,31H2,1-5H3/t21-,22-,23?,24-,25?,26?,27-,28?,29+,30-/m1/s1. The topological polar surface area (TPSA) is 58.3 Å². The van der Waals surface area contributed by atoms with E-state index in [-0.39, 0.29) is 6.10 Å². The first-order valence-electron chi connectivity index (χ1n) is 14.8. The fourth-order valence-electron chi connectivity index (χ4n) is 9.84. The largest absolute Gasteiger partial charge is 0.393 e. The molecule has 0 spiro atoms. The minimum atomic E-state index is -0.0736. The van der Waals surface area contributed by atoms with Crippen molar-refractivity contribution in [3.8, 4) is 0 Å². The Bertz CT molecular complexity index is 637. The van der Waals surface area contributed by atoms with Crippen LogP contribution >= 0.6 is 0 Å².